The van der Waals surface area contributed by atoms with Crippen molar-refractivity contribution in [2.75, 3.05) is 7.11 Å². The molecule has 0 amide bonds. The van der Waals surface area contributed by atoms with Crippen LogP contribution in [0.3, 0.4) is 0 Å². The number of carbonyl (C=O) groups excluding carboxylic acids is 2. The molecule has 0 aliphatic carbocycles. The standard InChI is InChI=1S/C11H8ClNO3/c1-16-10(15)8-11(12,13-8)9(14)7-5-3-2-4-6-7/h2-6H,1H3/t11-/m0/s1. The van der Waals surface area contributed by atoms with Crippen LogP contribution >= 0.6 is 11.6 Å². The molecule has 0 fully saturated rings. The number of aliphatic imine (C=N–C) groups is 1. The van der Waals surface area contributed by atoms with E-state index in [1.54, 1.807) is 30.3 Å². The number of hydrogen-bond acceptors (Lipinski definition) is 4. The molecule has 1 aromatic carbocycles. The third kappa shape index (κ3) is 1.61. The summed E-state index contributed by atoms with van der Waals surface area (Å²) in [7, 11) is 1.22. The predicted molar refractivity (Wildman–Crippen MR) is 58.8 cm³/mol. The summed E-state index contributed by atoms with van der Waals surface area (Å²) in [6.45, 7) is 0. The highest BCUT2D eigenvalue weighted by Gasteiger charge is 2.57. The Balaban J connectivity index is 2.18. The monoisotopic (exact) mass is 237 g/mol. The molecule has 0 unspecified atom stereocenters. The lowest BCUT2D eigenvalue weighted by Gasteiger charge is -2.04. The summed E-state index contributed by atoms with van der Waals surface area (Å²) in [6, 6.07) is 8.46. The predicted octanol–water partition coefficient (Wildman–Crippen LogP) is 1.43. The van der Waals surface area contributed by atoms with Crippen molar-refractivity contribution in [3.05, 3.63) is 35.9 Å². The Labute approximate surface area is 96.9 Å². The van der Waals surface area contributed by atoms with E-state index in [0.717, 1.165) is 0 Å². The molecule has 0 radical (unpaired) electrons. The van der Waals surface area contributed by atoms with Crippen molar-refractivity contribution in [1.29, 1.82) is 0 Å². The molecule has 16 heavy (non-hydrogen) atoms. The van der Waals surface area contributed by atoms with Gasteiger partial charge < -0.3 is 4.74 Å². The van der Waals surface area contributed by atoms with Gasteiger partial charge in [-0.25, -0.2) is 9.79 Å². The van der Waals surface area contributed by atoms with Crippen LogP contribution in [-0.4, -0.2) is 29.6 Å². The van der Waals surface area contributed by atoms with Crippen molar-refractivity contribution in [1.82, 2.24) is 0 Å². The maximum atomic E-state index is 11.9. The van der Waals surface area contributed by atoms with E-state index in [4.69, 9.17) is 11.6 Å². The lowest BCUT2D eigenvalue weighted by atomic mass is 10.1. The molecule has 0 bridgehead atoms. The Kier molecular flexibility index (Phi) is 2.52. The van der Waals surface area contributed by atoms with E-state index in [1.165, 1.54) is 7.11 Å². The van der Waals surface area contributed by atoms with Gasteiger partial charge in [0, 0.05) is 5.56 Å². The van der Waals surface area contributed by atoms with Gasteiger partial charge in [0.2, 0.25) is 10.8 Å². The zero-order chi connectivity index (χ0) is 11.8. The van der Waals surface area contributed by atoms with Crippen molar-refractivity contribution in [3.63, 3.8) is 0 Å². The van der Waals surface area contributed by atoms with E-state index in [2.05, 4.69) is 9.73 Å². The highest BCUT2D eigenvalue weighted by molar-refractivity contribution is 6.67. The summed E-state index contributed by atoms with van der Waals surface area (Å²) in [5, 5.41) is 0. The van der Waals surface area contributed by atoms with E-state index in [-0.39, 0.29) is 5.71 Å². The number of esters is 1. The zero-order valence-electron chi connectivity index (χ0n) is 8.44. The Morgan fingerprint density at radius 1 is 1.31 bits per heavy atom. The molecule has 1 atom stereocenters. The van der Waals surface area contributed by atoms with E-state index >= 15 is 0 Å². The number of alkyl halides is 1. The van der Waals surface area contributed by atoms with Crippen LogP contribution in [0.1, 0.15) is 10.4 Å². The number of rotatable bonds is 3. The molecule has 82 valence electrons. The molecule has 0 N–H and O–H groups in total. The van der Waals surface area contributed by atoms with Gasteiger partial charge in [-0.05, 0) is 0 Å². The van der Waals surface area contributed by atoms with Crippen molar-refractivity contribution in [3.8, 4) is 0 Å². The van der Waals surface area contributed by atoms with Crippen LogP contribution in [0, 0.1) is 0 Å². The van der Waals surface area contributed by atoms with Gasteiger partial charge in [-0.3, -0.25) is 4.79 Å². The molecule has 1 aliphatic heterocycles. The number of benzene rings is 1. The van der Waals surface area contributed by atoms with Crippen molar-refractivity contribution < 1.29 is 14.3 Å². The molecule has 0 saturated carbocycles. The zero-order valence-corrected chi connectivity index (χ0v) is 9.19. The first-order valence-corrected chi connectivity index (χ1v) is 4.95. The minimum atomic E-state index is -1.55. The van der Waals surface area contributed by atoms with Crippen LogP contribution in [0.25, 0.3) is 0 Å². The first-order valence-electron chi connectivity index (χ1n) is 4.57. The molecule has 1 aromatic rings. The maximum Gasteiger partial charge on any atom is 0.356 e. The van der Waals surface area contributed by atoms with E-state index in [9.17, 15) is 9.59 Å². The second-order valence-electron chi connectivity index (χ2n) is 3.27. The van der Waals surface area contributed by atoms with Crippen LogP contribution in [0.15, 0.2) is 35.3 Å². The van der Waals surface area contributed by atoms with Gasteiger partial charge in [-0.1, -0.05) is 41.9 Å². The van der Waals surface area contributed by atoms with Crippen molar-refractivity contribution >= 4 is 29.1 Å². The molecule has 0 spiro atoms. The third-order valence-corrected chi connectivity index (χ3v) is 2.68. The van der Waals surface area contributed by atoms with Crippen LogP contribution in [0.4, 0.5) is 0 Å². The Morgan fingerprint density at radius 3 is 2.50 bits per heavy atom. The van der Waals surface area contributed by atoms with Gasteiger partial charge in [-0.15, -0.1) is 0 Å². The SMILES string of the molecule is COC(=O)C1=N[C@]1(Cl)C(=O)c1ccccc1. The van der Waals surface area contributed by atoms with Crippen LogP contribution < -0.4 is 0 Å². The second-order valence-corrected chi connectivity index (χ2v) is 3.82. The number of methoxy groups -OCH3 is 1. The van der Waals surface area contributed by atoms with E-state index < -0.39 is 16.8 Å². The van der Waals surface area contributed by atoms with Gasteiger partial charge in [0.25, 0.3) is 0 Å². The van der Waals surface area contributed by atoms with Gasteiger partial charge in [0.05, 0.1) is 7.11 Å². The van der Waals surface area contributed by atoms with E-state index in [1.807, 2.05) is 0 Å². The average molecular weight is 238 g/mol. The topological polar surface area (TPSA) is 55.7 Å². The largest absolute Gasteiger partial charge is 0.464 e. The molecule has 4 nitrogen and oxygen atoms in total. The summed E-state index contributed by atoms with van der Waals surface area (Å²) in [4.78, 5) is 25.2. The third-order valence-electron chi connectivity index (χ3n) is 2.25. The van der Waals surface area contributed by atoms with Gasteiger partial charge in [-0.2, -0.15) is 0 Å². The molecule has 2 rings (SSSR count). The summed E-state index contributed by atoms with van der Waals surface area (Å²) in [5.74, 6) is -1.07. The summed E-state index contributed by atoms with van der Waals surface area (Å²) in [6.07, 6.45) is 0. The summed E-state index contributed by atoms with van der Waals surface area (Å²) >= 11 is 5.91. The number of ketones is 1. The minimum Gasteiger partial charge on any atom is -0.464 e. The quantitative estimate of drug-likeness (QED) is 0.346. The lowest BCUT2D eigenvalue weighted by molar-refractivity contribution is -0.132. The first-order chi connectivity index (χ1) is 7.59. The number of nitrogens with zero attached hydrogens (tertiary/aromatic N) is 1. The first kappa shape index (κ1) is 10.8. The summed E-state index contributed by atoms with van der Waals surface area (Å²) in [5.41, 5.74) is 0.380. The molecule has 1 aliphatic rings. The van der Waals surface area contributed by atoms with Crippen molar-refractivity contribution in [2.45, 2.75) is 5.00 Å². The number of ether oxygens (including phenoxy) is 1. The number of hydrogen-bond donors (Lipinski definition) is 0. The molecular weight excluding hydrogens is 230 g/mol. The molecule has 0 aromatic heterocycles. The van der Waals surface area contributed by atoms with Gasteiger partial charge in [0.1, 0.15) is 0 Å². The normalized spacial score (nSPS) is 22.2. The van der Waals surface area contributed by atoms with Crippen LogP contribution in [0.5, 0.6) is 0 Å². The van der Waals surface area contributed by atoms with E-state index in [0.29, 0.717) is 5.56 Å². The Morgan fingerprint density at radius 2 is 1.94 bits per heavy atom. The fourth-order valence-electron chi connectivity index (χ4n) is 1.34. The minimum absolute atomic E-state index is 0.0366. The molecule has 0 saturated heterocycles. The molecule has 5 heteroatoms. The second kappa shape index (κ2) is 3.72. The highest BCUT2D eigenvalue weighted by Crippen LogP contribution is 2.36. The van der Waals surface area contributed by atoms with Gasteiger partial charge in [0.15, 0.2) is 5.71 Å². The maximum absolute atomic E-state index is 11.9. The number of carbonyl (C=O) groups is 2. The Bertz CT molecular complexity index is 483. The molecule has 1 heterocycles. The lowest BCUT2D eigenvalue weighted by Crippen LogP contribution is -2.28. The smallest absolute Gasteiger partial charge is 0.356 e. The van der Waals surface area contributed by atoms with Crippen molar-refractivity contribution in [2.24, 2.45) is 4.99 Å². The fraction of sp³-hybridized carbons (Fsp3) is 0.182. The summed E-state index contributed by atoms with van der Waals surface area (Å²) < 4.78 is 4.45. The Hall–Kier alpha value is -1.68. The van der Waals surface area contributed by atoms with Crippen LogP contribution in [-0.2, 0) is 9.53 Å². The fourth-order valence-corrected chi connectivity index (χ4v) is 1.61. The average Bonchev–Trinajstić information content (AvgIpc) is 3.02. The number of Topliss-reactive ketones (excluding diaryl/α,β-unsaturated/α-hetero) is 1. The number of halogens is 1. The highest BCUT2D eigenvalue weighted by atomic mass is 35.5. The van der Waals surface area contributed by atoms with Crippen LogP contribution in [0.2, 0.25) is 0 Å². The molecular formula is C11H8ClNO3. The van der Waals surface area contributed by atoms with Gasteiger partial charge >= 0.3 is 5.97 Å².